The first-order chi connectivity index (χ1) is 16.3. The average Bonchev–Trinajstić information content (AvgIpc) is 3.18. The summed E-state index contributed by atoms with van der Waals surface area (Å²) in [4.78, 5) is 43.6. The second-order valence-corrected chi connectivity index (χ2v) is 9.72. The number of hydrogen-bond donors (Lipinski definition) is 3. The molecule has 3 aromatic rings. The van der Waals surface area contributed by atoms with Crippen molar-refractivity contribution in [3.8, 4) is 0 Å². The Morgan fingerprint density at radius 2 is 1.74 bits per heavy atom. The molecule has 1 aromatic carbocycles. The van der Waals surface area contributed by atoms with Gasteiger partial charge in [-0.1, -0.05) is 17.7 Å². The Labute approximate surface area is 203 Å². The molecule has 0 radical (unpaired) electrons. The molecule has 0 unspecified atom stereocenters. The summed E-state index contributed by atoms with van der Waals surface area (Å²) in [7, 11) is 0. The Morgan fingerprint density at radius 1 is 1.00 bits per heavy atom. The smallest absolute Gasteiger partial charge is 0.257 e. The minimum absolute atomic E-state index is 0.161. The normalized spacial score (nSPS) is 12.6. The van der Waals surface area contributed by atoms with Crippen LogP contribution >= 0.6 is 11.3 Å². The van der Waals surface area contributed by atoms with Crippen molar-refractivity contribution >= 4 is 39.7 Å². The van der Waals surface area contributed by atoms with Crippen LogP contribution in [0.2, 0.25) is 0 Å². The van der Waals surface area contributed by atoms with Crippen molar-refractivity contribution in [2.45, 2.75) is 46.5 Å². The van der Waals surface area contributed by atoms with E-state index < -0.39 is 0 Å². The fourth-order valence-electron chi connectivity index (χ4n) is 4.38. The van der Waals surface area contributed by atoms with Gasteiger partial charge in [0.25, 0.3) is 11.8 Å². The van der Waals surface area contributed by atoms with E-state index in [0.29, 0.717) is 16.1 Å². The average molecular weight is 477 g/mol. The van der Waals surface area contributed by atoms with Gasteiger partial charge in [-0.15, -0.1) is 11.3 Å². The van der Waals surface area contributed by atoms with Crippen molar-refractivity contribution in [3.63, 3.8) is 0 Å². The number of aryl methyl sites for hydroxylation is 4. The second-order valence-electron chi connectivity index (χ2n) is 8.62. The van der Waals surface area contributed by atoms with Crippen LogP contribution in [0.3, 0.4) is 0 Å². The van der Waals surface area contributed by atoms with Gasteiger partial charge in [-0.05, 0) is 75.3 Å². The maximum absolute atomic E-state index is 13.2. The summed E-state index contributed by atoms with van der Waals surface area (Å²) in [5, 5.41) is 9.07. The quantitative estimate of drug-likeness (QED) is 0.485. The molecule has 0 bridgehead atoms. The maximum atomic E-state index is 13.2. The zero-order chi connectivity index (χ0) is 24.2. The summed E-state index contributed by atoms with van der Waals surface area (Å²) in [5.74, 6) is -0.967. The number of rotatable bonds is 6. The van der Waals surface area contributed by atoms with E-state index in [4.69, 9.17) is 0 Å². The maximum Gasteiger partial charge on any atom is 0.257 e. The molecule has 3 N–H and O–H groups in total. The summed E-state index contributed by atoms with van der Waals surface area (Å²) in [6.07, 6.45) is 6.81. The lowest BCUT2D eigenvalue weighted by Gasteiger charge is -2.15. The fraction of sp³-hybridized carbons (Fsp3) is 0.308. The monoisotopic (exact) mass is 476 g/mol. The SMILES string of the molecule is Cc1cc(C)c(NC(=O)CNC(=O)c2c(NC(=O)c3cccnc3)sc3c2CCCC3)c(C)c1. The minimum atomic E-state index is -0.353. The lowest BCUT2D eigenvalue weighted by molar-refractivity contribution is -0.115. The number of pyridine rings is 1. The van der Waals surface area contributed by atoms with E-state index in [2.05, 4.69) is 20.9 Å². The number of fused-ring (bicyclic) bond motifs is 1. The Balaban J connectivity index is 1.49. The molecule has 2 aromatic heterocycles. The van der Waals surface area contributed by atoms with Gasteiger partial charge in [0.1, 0.15) is 5.00 Å². The van der Waals surface area contributed by atoms with Gasteiger partial charge in [0, 0.05) is 23.0 Å². The van der Waals surface area contributed by atoms with Gasteiger partial charge in [0.15, 0.2) is 0 Å². The van der Waals surface area contributed by atoms with E-state index in [1.54, 1.807) is 18.3 Å². The Hall–Kier alpha value is -3.52. The highest BCUT2D eigenvalue weighted by Gasteiger charge is 2.27. The van der Waals surface area contributed by atoms with Crippen molar-refractivity contribution in [2.24, 2.45) is 0 Å². The zero-order valence-electron chi connectivity index (χ0n) is 19.6. The van der Waals surface area contributed by atoms with E-state index in [9.17, 15) is 14.4 Å². The van der Waals surface area contributed by atoms with Crippen LogP contribution in [0.5, 0.6) is 0 Å². The Morgan fingerprint density at radius 3 is 2.44 bits per heavy atom. The molecule has 0 atom stereocenters. The standard InChI is InChI=1S/C26H28N4O3S/c1-15-11-16(2)23(17(3)12-15)29-21(31)14-28-25(33)22-19-8-4-5-9-20(19)34-26(22)30-24(32)18-7-6-10-27-13-18/h6-7,10-13H,4-5,8-9,14H2,1-3H3,(H,28,33)(H,29,31)(H,30,32). The van der Waals surface area contributed by atoms with Crippen LogP contribution in [0.1, 0.15) is 60.7 Å². The highest BCUT2D eigenvalue weighted by Crippen LogP contribution is 2.38. The molecule has 0 fully saturated rings. The first-order valence-corrected chi connectivity index (χ1v) is 12.2. The number of thiophene rings is 1. The van der Waals surface area contributed by atoms with E-state index in [1.807, 2.05) is 32.9 Å². The molecule has 7 nitrogen and oxygen atoms in total. The van der Waals surface area contributed by atoms with E-state index in [-0.39, 0.29) is 24.3 Å². The van der Waals surface area contributed by atoms with Crippen molar-refractivity contribution in [1.29, 1.82) is 0 Å². The molecule has 34 heavy (non-hydrogen) atoms. The Kier molecular flexibility index (Phi) is 7.07. The fourth-order valence-corrected chi connectivity index (χ4v) is 5.66. The molecule has 0 saturated heterocycles. The third-order valence-electron chi connectivity index (χ3n) is 5.90. The van der Waals surface area contributed by atoms with Gasteiger partial charge >= 0.3 is 0 Å². The van der Waals surface area contributed by atoms with Crippen LogP contribution in [0, 0.1) is 20.8 Å². The predicted molar refractivity (Wildman–Crippen MR) is 135 cm³/mol. The van der Waals surface area contributed by atoms with E-state index >= 15 is 0 Å². The summed E-state index contributed by atoms with van der Waals surface area (Å²) in [6, 6.07) is 7.39. The molecule has 8 heteroatoms. The van der Waals surface area contributed by atoms with Gasteiger partial charge < -0.3 is 16.0 Å². The summed E-state index contributed by atoms with van der Waals surface area (Å²) >= 11 is 1.44. The number of benzene rings is 1. The molecular formula is C26H28N4O3S. The lowest BCUT2D eigenvalue weighted by atomic mass is 9.95. The van der Waals surface area contributed by atoms with Gasteiger partial charge in [-0.3, -0.25) is 19.4 Å². The van der Waals surface area contributed by atoms with Gasteiger partial charge in [0.05, 0.1) is 17.7 Å². The molecule has 2 heterocycles. The van der Waals surface area contributed by atoms with Crippen LogP contribution in [0.25, 0.3) is 0 Å². The van der Waals surface area contributed by atoms with Gasteiger partial charge in [0.2, 0.25) is 5.91 Å². The molecule has 1 aliphatic carbocycles. The zero-order valence-corrected chi connectivity index (χ0v) is 20.4. The number of carbonyl (C=O) groups excluding carboxylic acids is 3. The first kappa shape index (κ1) is 23.6. The minimum Gasteiger partial charge on any atom is -0.343 e. The first-order valence-electron chi connectivity index (χ1n) is 11.3. The van der Waals surface area contributed by atoms with Crippen LogP contribution in [-0.2, 0) is 17.6 Å². The summed E-state index contributed by atoms with van der Waals surface area (Å²) < 4.78 is 0. The van der Waals surface area contributed by atoms with Crippen molar-refractivity contribution in [1.82, 2.24) is 10.3 Å². The van der Waals surface area contributed by atoms with Crippen LogP contribution < -0.4 is 16.0 Å². The highest BCUT2D eigenvalue weighted by atomic mass is 32.1. The van der Waals surface area contributed by atoms with Gasteiger partial charge in [-0.25, -0.2) is 0 Å². The summed E-state index contributed by atoms with van der Waals surface area (Å²) in [5.41, 5.74) is 5.71. The molecule has 0 spiro atoms. The molecule has 176 valence electrons. The molecule has 3 amide bonds. The Bertz CT molecular complexity index is 1230. The number of hydrogen-bond acceptors (Lipinski definition) is 5. The summed E-state index contributed by atoms with van der Waals surface area (Å²) in [6.45, 7) is 5.75. The highest BCUT2D eigenvalue weighted by molar-refractivity contribution is 7.17. The van der Waals surface area contributed by atoms with Crippen molar-refractivity contribution in [3.05, 3.63) is 74.9 Å². The second kappa shape index (κ2) is 10.2. The topological polar surface area (TPSA) is 100 Å². The number of amides is 3. The van der Waals surface area contributed by atoms with Gasteiger partial charge in [-0.2, -0.15) is 0 Å². The number of anilines is 2. The van der Waals surface area contributed by atoms with Crippen molar-refractivity contribution in [2.75, 3.05) is 17.2 Å². The molecule has 1 aliphatic rings. The van der Waals surface area contributed by atoms with Crippen molar-refractivity contribution < 1.29 is 14.4 Å². The third-order valence-corrected chi connectivity index (χ3v) is 7.11. The van der Waals surface area contributed by atoms with Crippen LogP contribution in [-0.4, -0.2) is 29.3 Å². The van der Waals surface area contributed by atoms with E-state index in [1.165, 1.54) is 17.5 Å². The number of aromatic nitrogens is 1. The largest absolute Gasteiger partial charge is 0.343 e. The predicted octanol–water partition coefficient (Wildman–Crippen LogP) is 4.57. The lowest BCUT2D eigenvalue weighted by Crippen LogP contribution is -2.34. The number of nitrogens with one attached hydrogen (secondary N) is 3. The van der Waals surface area contributed by atoms with Crippen LogP contribution in [0.15, 0.2) is 36.7 Å². The molecule has 0 saturated carbocycles. The van der Waals surface area contributed by atoms with E-state index in [0.717, 1.165) is 58.5 Å². The number of carbonyl (C=O) groups is 3. The molecule has 4 rings (SSSR count). The van der Waals surface area contributed by atoms with Crippen LogP contribution in [0.4, 0.5) is 10.7 Å². The number of nitrogens with zero attached hydrogens (tertiary/aromatic N) is 1. The molecular weight excluding hydrogens is 448 g/mol. The third kappa shape index (κ3) is 5.17. The molecule has 0 aliphatic heterocycles.